The third kappa shape index (κ3) is 1.80. The summed E-state index contributed by atoms with van der Waals surface area (Å²) in [6, 6.07) is -0.182. The first kappa shape index (κ1) is 9.99. The molecule has 4 nitrogen and oxygen atoms in total. The lowest BCUT2D eigenvalue weighted by molar-refractivity contribution is 0.0232. The number of aliphatic hydroxyl groups is 2. The second-order valence-electron chi connectivity index (χ2n) is 3.29. The number of ether oxygens (including phenoxy) is 1. The zero-order valence-electron chi connectivity index (χ0n) is 7.31. The van der Waals surface area contributed by atoms with Gasteiger partial charge in [0.1, 0.15) is 7.85 Å². The Labute approximate surface area is 73.1 Å². The van der Waals surface area contributed by atoms with Gasteiger partial charge in [-0.1, -0.05) is 0 Å². The van der Waals surface area contributed by atoms with Crippen molar-refractivity contribution in [2.45, 2.75) is 24.6 Å². The van der Waals surface area contributed by atoms with Crippen molar-refractivity contribution in [2.24, 2.45) is 11.7 Å². The SMILES string of the molecule is B[C@@H]1O[C@H](CO)[C@@H](CCN)[C@H]1O. The van der Waals surface area contributed by atoms with Crippen LogP contribution < -0.4 is 5.73 Å². The lowest BCUT2D eigenvalue weighted by Gasteiger charge is -2.17. The zero-order chi connectivity index (χ0) is 9.14. The van der Waals surface area contributed by atoms with E-state index in [9.17, 15) is 5.11 Å². The van der Waals surface area contributed by atoms with E-state index >= 15 is 0 Å². The van der Waals surface area contributed by atoms with Gasteiger partial charge in [0.2, 0.25) is 0 Å². The van der Waals surface area contributed by atoms with Crippen LogP contribution in [0.15, 0.2) is 0 Å². The minimum atomic E-state index is -0.481. The molecule has 0 amide bonds. The van der Waals surface area contributed by atoms with Crippen molar-refractivity contribution in [3.05, 3.63) is 0 Å². The molecule has 5 heteroatoms. The van der Waals surface area contributed by atoms with Gasteiger partial charge < -0.3 is 20.7 Å². The van der Waals surface area contributed by atoms with Gasteiger partial charge >= 0.3 is 0 Å². The Balaban J connectivity index is 2.53. The third-order valence-electron chi connectivity index (χ3n) is 2.47. The molecule has 12 heavy (non-hydrogen) atoms. The molecule has 1 fully saturated rings. The average Bonchev–Trinajstić information content (AvgIpc) is 2.33. The van der Waals surface area contributed by atoms with E-state index in [2.05, 4.69) is 0 Å². The molecular weight excluding hydrogens is 157 g/mol. The molecule has 1 aliphatic heterocycles. The largest absolute Gasteiger partial charge is 0.394 e. The highest BCUT2D eigenvalue weighted by molar-refractivity contribution is 6.11. The third-order valence-corrected chi connectivity index (χ3v) is 2.47. The predicted molar refractivity (Wildman–Crippen MR) is 47.5 cm³/mol. The van der Waals surface area contributed by atoms with E-state index in [1.807, 2.05) is 7.85 Å². The molecule has 1 saturated heterocycles. The van der Waals surface area contributed by atoms with Gasteiger partial charge in [0.05, 0.1) is 24.8 Å². The minimum absolute atomic E-state index is 0.00463. The summed E-state index contributed by atoms with van der Waals surface area (Å²) in [5, 5.41) is 18.5. The van der Waals surface area contributed by atoms with E-state index < -0.39 is 6.10 Å². The molecule has 0 bridgehead atoms. The van der Waals surface area contributed by atoms with Crippen molar-refractivity contribution in [3.8, 4) is 0 Å². The van der Waals surface area contributed by atoms with Crippen molar-refractivity contribution >= 4 is 7.85 Å². The van der Waals surface area contributed by atoms with Crippen molar-refractivity contribution in [2.75, 3.05) is 13.2 Å². The quantitative estimate of drug-likeness (QED) is 0.418. The van der Waals surface area contributed by atoms with Crippen molar-refractivity contribution < 1.29 is 14.9 Å². The highest BCUT2D eigenvalue weighted by atomic mass is 16.5. The molecule has 1 heterocycles. The van der Waals surface area contributed by atoms with Gasteiger partial charge in [-0.05, 0) is 13.0 Å². The van der Waals surface area contributed by atoms with Crippen LogP contribution in [0.25, 0.3) is 0 Å². The average molecular weight is 173 g/mol. The smallest absolute Gasteiger partial charge is 0.142 e. The van der Waals surface area contributed by atoms with Crippen LogP contribution in [0, 0.1) is 5.92 Å². The molecule has 0 aromatic rings. The van der Waals surface area contributed by atoms with Crippen LogP contribution in [0.4, 0.5) is 0 Å². The molecule has 70 valence electrons. The molecular formula is C7H16BNO3. The molecule has 1 aliphatic rings. The first-order valence-corrected chi connectivity index (χ1v) is 4.35. The van der Waals surface area contributed by atoms with Crippen molar-refractivity contribution in [1.82, 2.24) is 0 Å². The molecule has 4 N–H and O–H groups in total. The summed E-state index contributed by atoms with van der Waals surface area (Å²) in [6.45, 7) is 0.486. The number of hydrogen-bond acceptors (Lipinski definition) is 4. The van der Waals surface area contributed by atoms with E-state index in [0.29, 0.717) is 13.0 Å². The van der Waals surface area contributed by atoms with Gasteiger partial charge in [-0.15, -0.1) is 0 Å². The molecule has 0 saturated carbocycles. The fraction of sp³-hybridized carbons (Fsp3) is 1.00. The number of hydrogen-bond donors (Lipinski definition) is 3. The van der Waals surface area contributed by atoms with Crippen LogP contribution in [-0.4, -0.2) is 49.4 Å². The Hall–Kier alpha value is -0.0951. The second kappa shape index (κ2) is 4.23. The standard InChI is InChI=1S/C7H16BNO3/c8-7-6(11)4(1-2-9)5(3-10)12-7/h4-7,10-11H,1-3,8-9H2/t4-,5-,6-,7-/m1/s1. The Morgan fingerprint density at radius 2 is 2.17 bits per heavy atom. The molecule has 0 spiro atoms. The van der Waals surface area contributed by atoms with Gasteiger partial charge in [-0.25, -0.2) is 0 Å². The minimum Gasteiger partial charge on any atom is -0.394 e. The van der Waals surface area contributed by atoms with Gasteiger partial charge in [-0.3, -0.25) is 0 Å². The van der Waals surface area contributed by atoms with Crippen LogP contribution in [0.1, 0.15) is 6.42 Å². The fourth-order valence-corrected chi connectivity index (χ4v) is 1.75. The maximum atomic E-state index is 9.60. The van der Waals surface area contributed by atoms with Crippen LogP contribution in [0.2, 0.25) is 0 Å². The monoisotopic (exact) mass is 173 g/mol. The lowest BCUT2D eigenvalue weighted by atomic mass is 9.86. The number of nitrogens with two attached hydrogens (primary N) is 1. The first-order valence-electron chi connectivity index (χ1n) is 4.35. The normalized spacial score (nSPS) is 41.9. The first-order chi connectivity index (χ1) is 5.70. The number of aliphatic hydroxyl groups excluding tert-OH is 2. The Bertz CT molecular complexity index is 147. The van der Waals surface area contributed by atoms with Crippen molar-refractivity contribution in [3.63, 3.8) is 0 Å². The van der Waals surface area contributed by atoms with E-state index in [4.69, 9.17) is 15.6 Å². The summed E-state index contributed by atoms with van der Waals surface area (Å²) in [7, 11) is 1.81. The zero-order valence-corrected chi connectivity index (χ0v) is 7.31. The van der Waals surface area contributed by atoms with E-state index in [1.165, 1.54) is 0 Å². The van der Waals surface area contributed by atoms with Crippen molar-refractivity contribution in [1.29, 1.82) is 0 Å². The Morgan fingerprint density at radius 3 is 2.67 bits per heavy atom. The van der Waals surface area contributed by atoms with Crippen LogP contribution >= 0.6 is 0 Å². The van der Waals surface area contributed by atoms with Gasteiger partial charge in [0.25, 0.3) is 0 Å². The summed E-state index contributed by atoms with van der Waals surface area (Å²) in [5.41, 5.74) is 5.38. The molecule has 0 aromatic heterocycles. The highest BCUT2D eigenvalue weighted by Crippen LogP contribution is 2.27. The van der Waals surface area contributed by atoms with E-state index in [-0.39, 0.29) is 24.6 Å². The molecule has 0 aliphatic carbocycles. The van der Waals surface area contributed by atoms with E-state index in [1.54, 1.807) is 0 Å². The number of rotatable bonds is 3. The Morgan fingerprint density at radius 1 is 1.50 bits per heavy atom. The topological polar surface area (TPSA) is 75.7 Å². The Kier molecular flexibility index (Phi) is 3.52. The fourth-order valence-electron chi connectivity index (χ4n) is 1.75. The summed E-state index contributed by atoms with van der Waals surface area (Å²) in [6.07, 6.45) is -0.0132. The van der Waals surface area contributed by atoms with Crippen LogP contribution in [0.3, 0.4) is 0 Å². The summed E-state index contributed by atoms with van der Waals surface area (Å²) in [5.74, 6) is -0.00463. The lowest BCUT2D eigenvalue weighted by Crippen LogP contribution is -2.30. The van der Waals surface area contributed by atoms with Gasteiger partial charge in [0, 0.05) is 5.92 Å². The van der Waals surface area contributed by atoms with Gasteiger partial charge in [-0.2, -0.15) is 0 Å². The van der Waals surface area contributed by atoms with Crippen LogP contribution in [0.5, 0.6) is 0 Å². The summed E-state index contributed by atoms with van der Waals surface area (Å²) < 4.78 is 5.33. The summed E-state index contributed by atoms with van der Waals surface area (Å²) >= 11 is 0. The highest BCUT2D eigenvalue weighted by Gasteiger charge is 2.39. The second-order valence-corrected chi connectivity index (χ2v) is 3.29. The van der Waals surface area contributed by atoms with Gasteiger partial charge in [0.15, 0.2) is 0 Å². The molecule has 4 atom stereocenters. The summed E-state index contributed by atoms with van der Waals surface area (Å²) in [4.78, 5) is 0. The molecule has 1 rings (SSSR count). The molecule has 0 radical (unpaired) electrons. The van der Waals surface area contributed by atoms with E-state index in [0.717, 1.165) is 0 Å². The maximum absolute atomic E-state index is 9.60. The maximum Gasteiger partial charge on any atom is 0.142 e. The molecule has 0 aromatic carbocycles. The predicted octanol–water partition coefficient (Wildman–Crippen LogP) is -2.34. The molecule has 0 unspecified atom stereocenters. The van der Waals surface area contributed by atoms with Crippen LogP contribution in [-0.2, 0) is 4.74 Å².